The summed E-state index contributed by atoms with van der Waals surface area (Å²) < 4.78 is 0. The van der Waals surface area contributed by atoms with E-state index in [1.54, 1.807) is 18.3 Å². The number of carbonyl (C=O) groups is 1. The van der Waals surface area contributed by atoms with E-state index in [4.69, 9.17) is 11.6 Å². The highest BCUT2D eigenvalue weighted by molar-refractivity contribution is 6.30. The molecule has 2 atom stereocenters. The molecule has 20 heavy (non-hydrogen) atoms. The summed E-state index contributed by atoms with van der Waals surface area (Å²) >= 11 is 5.97. The summed E-state index contributed by atoms with van der Waals surface area (Å²) in [5.41, 5.74) is 1.03. The number of pyridine rings is 1. The van der Waals surface area contributed by atoms with E-state index in [0.29, 0.717) is 22.2 Å². The minimum Gasteiger partial charge on any atom is -0.334 e. The van der Waals surface area contributed by atoms with Crippen molar-refractivity contribution in [2.24, 2.45) is 10.8 Å². The molecule has 1 saturated heterocycles. The summed E-state index contributed by atoms with van der Waals surface area (Å²) in [5.74, 6) is 0.0268. The maximum absolute atomic E-state index is 12.7. The van der Waals surface area contributed by atoms with Crippen LogP contribution in [0.5, 0.6) is 0 Å². The third kappa shape index (κ3) is 2.44. The fourth-order valence-electron chi connectivity index (χ4n) is 4.37. The zero-order valence-electron chi connectivity index (χ0n) is 12.3. The molecule has 2 bridgehead atoms. The first-order chi connectivity index (χ1) is 9.28. The quantitative estimate of drug-likeness (QED) is 0.789. The molecule has 2 unspecified atom stereocenters. The smallest absolute Gasteiger partial charge is 0.272 e. The third-order valence-electron chi connectivity index (χ3n) is 4.62. The number of halogens is 1. The highest BCUT2D eigenvalue weighted by Crippen LogP contribution is 2.52. The Morgan fingerprint density at radius 1 is 1.40 bits per heavy atom. The predicted molar refractivity (Wildman–Crippen MR) is 79.8 cm³/mol. The first-order valence-corrected chi connectivity index (χ1v) is 7.58. The minimum absolute atomic E-state index is 0.0268. The molecular weight excluding hydrogens is 272 g/mol. The van der Waals surface area contributed by atoms with Gasteiger partial charge in [-0.05, 0) is 42.2 Å². The molecule has 0 N–H and O–H groups in total. The molecule has 1 aromatic heterocycles. The van der Waals surface area contributed by atoms with Crippen molar-refractivity contribution in [1.29, 1.82) is 0 Å². The Hall–Kier alpha value is -1.09. The van der Waals surface area contributed by atoms with Crippen molar-refractivity contribution in [2.75, 3.05) is 6.54 Å². The fraction of sp³-hybridized carbons (Fsp3) is 0.625. The molecule has 1 aromatic rings. The average Bonchev–Trinajstić information content (AvgIpc) is 2.57. The van der Waals surface area contributed by atoms with E-state index in [0.717, 1.165) is 19.4 Å². The Labute approximate surface area is 125 Å². The SMILES string of the molecule is CC1(C)CC2CC(C)(CN2C(=O)c2cc(Cl)ccn2)C1. The largest absolute Gasteiger partial charge is 0.334 e. The average molecular weight is 293 g/mol. The fourth-order valence-corrected chi connectivity index (χ4v) is 4.53. The lowest BCUT2D eigenvalue weighted by Gasteiger charge is -2.39. The lowest BCUT2D eigenvalue weighted by molar-refractivity contribution is 0.0702. The van der Waals surface area contributed by atoms with Crippen molar-refractivity contribution in [3.63, 3.8) is 0 Å². The summed E-state index contributed by atoms with van der Waals surface area (Å²) in [5, 5.41) is 0.567. The maximum atomic E-state index is 12.7. The van der Waals surface area contributed by atoms with Gasteiger partial charge >= 0.3 is 0 Å². The van der Waals surface area contributed by atoms with Gasteiger partial charge in [0.1, 0.15) is 5.69 Å². The van der Waals surface area contributed by atoms with Crippen molar-refractivity contribution >= 4 is 17.5 Å². The van der Waals surface area contributed by atoms with E-state index < -0.39 is 0 Å². The standard InChI is InChI=1S/C16H21ClN2O/c1-15(2)7-12-8-16(3,9-15)10-19(12)14(20)13-6-11(17)4-5-18-13/h4-6,12H,7-10H2,1-3H3. The summed E-state index contributed by atoms with van der Waals surface area (Å²) in [6.45, 7) is 7.76. The lowest BCUT2D eigenvalue weighted by atomic mass is 9.65. The van der Waals surface area contributed by atoms with Gasteiger partial charge < -0.3 is 4.90 Å². The van der Waals surface area contributed by atoms with E-state index in [9.17, 15) is 4.79 Å². The second kappa shape index (κ2) is 4.45. The van der Waals surface area contributed by atoms with Gasteiger partial charge in [-0.15, -0.1) is 0 Å². The van der Waals surface area contributed by atoms with Crippen molar-refractivity contribution in [2.45, 2.75) is 46.1 Å². The highest BCUT2D eigenvalue weighted by Gasteiger charge is 2.51. The van der Waals surface area contributed by atoms with Gasteiger partial charge in [0.05, 0.1) is 0 Å². The van der Waals surface area contributed by atoms with E-state index in [1.807, 2.05) is 4.90 Å². The van der Waals surface area contributed by atoms with Crippen LogP contribution in [0.15, 0.2) is 18.3 Å². The van der Waals surface area contributed by atoms with Crippen molar-refractivity contribution in [3.05, 3.63) is 29.0 Å². The second-order valence-corrected chi connectivity index (χ2v) is 7.94. The molecule has 2 fully saturated rings. The number of likely N-dealkylation sites (tertiary alicyclic amines) is 1. The van der Waals surface area contributed by atoms with E-state index in [-0.39, 0.29) is 11.3 Å². The molecule has 1 aliphatic carbocycles. The molecule has 1 amide bonds. The third-order valence-corrected chi connectivity index (χ3v) is 4.85. The first kappa shape index (κ1) is 13.9. The molecular formula is C16H21ClN2O. The molecule has 108 valence electrons. The van der Waals surface area contributed by atoms with Gasteiger partial charge in [0.2, 0.25) is 0 Å². The van der Waals surface area contributed by atoms with Gasteiger partial charge in [0, 0.05) is 23.8 Å². The van der Waals surface area contributed by atoms with Crippen molar-refractivity contribution < 1.29 is 4.79 Å². The number of fused-ring (bicyclic) bond motifs is 2. The van der Waals surface area contributed by atoms with Crippen LogP contribution >= 0.6 is 11.6 Å². The molecule has 2 aliphatic rings. The molecule has 1 aliphatic heterocycles. The lowest BCUT2D eigenvalue weighted by Crippen LogP contribution is -2.38. The molecule has 4 heteroatoms. The molecule has 0 radical (unpaired) electrons. The molecule has 3 nitrogen and oxygen atoms in total. The molecule has 3 rings (SSSR count). The summed E-state index contributed by atoms with van der Waals surface area (Å²) in [6.07, 6.45) is 4.98. The second-order valence-electron chi connectivity index (χ2n) is 7.51. The predicted octanol–water partition coefficient (Wildman–Crippen LogP) is 3.78. The Morgan fingerprint density at radius 3 is 2.85 bits per heavy atom. The number of nitrogens with zero attached hydrogens (tertiary/aromatic N) is 2. The Morgan fingerprint density at radius 2 is 2.15 bits per heavy atom. The topological polar surface area (TPSA) is 33.2 Å². The number of hydrogen-bond donors (Lipinski definition) is 0. The van der Waals surface area contributed by atoms with Gasteiger partial charge in [-0.25, -0.2) is 0 Å². The van der Waals surface area contributed by atoms with E-state index >= 15 is 0 Å². The maximum Gasteiger partial charge on any atom is 0.272 e. The molecule has 0 spiro atoms. The number of aromatic nitrogens is 1. The van der Waals surface area contributed by atoms with Crippen LogP contribution in [0, 0.1) is 10.8 Å². The molecule has 1 saturated carbocycles. The van der Waals surface area contributed by atoms with Gasteiger partial charge in [-0.3, -0.25) is 9.78 Å². The van der Waals surface area contributed by atoms with Gasteiger partial charge in [0.15, 0.2) is 0 Å². The van der Waals surface area contributed by atoms with Crippen LogP contribution in [-0.4, -0.2) is 28.4 Å². The van der Waals surface area contributed by atoms with E-state index in [1.165, 1.54) is 6.42 Å². The Kier molecular flexibility index (Phi) is 3.09. The van der Waals surface area contributed by atoms with Gasteiger partial charge in [-0.1, -0.05) is 32.4 Å². The normalized spacial score (nSPS) is 31.4. The summed E-state index contributed by atoms with van der Waals surface area (Å²) in [7, 11) is 0. The van der Waals surface area contributed by atoms with E-state index in [2.05, 4.69) is 25.8 Å². The summed E-state index contributed by atoms with van der Waals surface area (Å²) in [4.78, 5) is 18.9. The summed E-state index contributed by atoms with van der Waals surface area (Å²) in [6, 6.07) is 3.71. The Balaban J connectivity index is 1.87. The minimum atomic E-state index is 0.0268. The van der Waals surface area contributed by atoms with Crippen LogP contribution < -0.4 is 0 Å². The first-order valence-electron chi connectivity index (χ1n) is 7.21. The number of amides is 1. The van der Waals surface area contributed by atoms with Crippen LogP contribution in [-0.2, 0) is 0 Å². The van der Waals surface area contributed by atoms with Gasteiger partial charge in [0.25, 0.3) is 5.91 Å². The number of hydrogen-bond acceptors (Lipinski definition) is 2. The zero-order chi connectivity index (χ0) is 14.5. The molecule has 0 aromatic carbocycles. The van der Waals surface area contributed by atoms with Crippen LogP contribution in [0.1, 0.15) is 50.5 Å². The number of rotatable bonds is 1. The van der Waals surface area contributed by atoms with Crippen molar-refractivity contribution in [1.82, 2.24) is 9.88 Å². The number of carbonyl (C=O) groups excluding carboxylic acids is 1. The van der Waals surface area contributed by atoms with Crippen LogP contribution in [0.25, 0.3) is 0 Å². The van der Waals surface area contributed by atoms with Crippen LogP contribution in [0.3, 0.4) is 0 Å². The highest BCUT2D eigenvalue weighted by atomic mass is 35.5. The van der Waals surface area contributed by atoms with Crippen LogP contribution in [0.4, 0.5) is 0 Å². The Bertz CT molecular complexity index is 557. The molecule has 2 heterocycles. The van der Waals surface area contributed by atoms with Gasteiger partial charge in [-0.2, -0.15) is 0 Å². The monoisotopic (exact) mass is 292 g/mol. The van der Waals surface area contributed by atoms with Crippen molar-refractivity contribution in [3.8, 4) is 0 Å². The van der Waals surface area contributed by atoms with Crippen LogP contribution in [0.2, 0.25) is 5.02 Å². The zero-order valence-corrected chi connectivity index (χ0v) is 13.1.